The van der Waals surface area contributed by atoms with E-state index in [0.29, 0.717) is 18.0 Å². The Morgan fingerprint density at radius 2 is 1.68 bits per heavy atom. The van der Waals surface area contributed by atoms with Crippen LogP contribution in [-0.2, 0) is 9.59 Å². The van der Waals surface area contributed by atoms with Crippen LogP contribution in [0, 0.1) is 13.8 Å². The van der Waals surface area contributed by atoms with E-state index in [9.17, 15) is 9.59 Å². The number of hydrogen-bond acceptors (Lipinski definition) is 3. The Morgan fingerprint density at radius 3 is 2.28 bits per heavy atom. The van der Waals surface area contributed by atoms with Crippen molar-refractivity contribution in [3.8, 4) is 5.75 Å². The Bertz CT molecular complexity index is 751. The van der Waals surface area contributed by atoms with E-state index in [4.69, 9.17) is 4.74 Å². The predicted molar refractivity (Wildman–Crippen MR) is 100 cm³/mol. The van der Waals surface area contributed by atoms with Crippen molar-refractivity contribution in [2.24, 2.45) is 0 Å². The molecule has 0 unspecified atom stereocenters. The average Bonchev–Trinajstić information content (AvgIpc) is 2.57. The topological polar surface area (TPSA) is 58.6 Å². The molecule has 132 valence electrons. The Kier molecular flexibility index (Phi) is 6.17. The van der Waals surface area contributed by atoms with Crippen LogP contribution in [0.25, 0.3) is 0 Å². The van der Waals surface area contributed by atoms with Crippen molar-refractivity contribution >= 4 is 23.2 Å². The van der Waals surface area contributed by atoms with Crippen molar-refractivity contribution in [2.75, 3.05) is 23.9 Å². The van der Waals surface area contributed by atoms with E-state index in [-0.39, 0.29) is 18.2 Å². The second-order valence-corrected chi connectivity index (χ2v) is 5.91. The molecular weight excluding hydrogens is 316 g/mol. The van der Waals surface area contributed by atoms with Gasteiger partial charge in [0.2, 0.25) is 11.8 Å². The largest absolute Gasteiger partial charge is 0.495 e. The highest BCUT2D eigenvalue weighted by molar-refractivity contribution is 5.96. The predicted octanol–water partition coefficient (Wildman–Crippen LogP) is 3.69. The normalized spacial score (nSPS) is 10.2. The van der Waals surface area contributed by atoms with E-state index in [1.54, 1.807) is 24.1 Å². The smallest absolute Gasteiger partial charge is 0.226 e. The minimum Gasteiger partial charge on any atom is -0.495 e. The molecule has 0 aliphatic rings. The maximum absolute atomic E-state index is 12.3. The molecule has 0 aromatic heterocycles. The Labute approximate surface area is 148 Å². The number of amides is 2. The van der Waals surface area contributed by atoms with E-state index in [1.165, 1.54) is 6.92 Å². The van der Waals surface area contributed by atoms with Gasteiger partial charge in [0.05, 0.1) is 12.8 Å². The molecule has 0 saturated carbocycles. The zero-order valence-electron chi connectivity index (χ0n) is 15.1. The summed E-state index contributed by atoms with van der Waals surface area (Å²) in [7, 11) is 1.56. The first kappa shape index (κ1) is 18.5. The molecule has 0 saturated heterocycles. The third-order valence-corrected chi connectivity index (χ3v) is 4.03. The van der Waals surface area contributed by atoms with E-state index in [1.807, 2.05) is 44.2 Å². The van der Waals surface area contributed by atoms with Gasteiger partial charge in [0.25, 0.3) is 0 Å². The number of nitrogens with one attached hydrogen (secondary N) is 1. The molecule has 25 heavy (non-hydrogen) atoms. The highest BCUT2D eigenvalue weighted by Crippen LogP contribution is 2.26. The van der Waals surface area contributed by atoms with Gasteiger partial charge in [-0.3, -0.25) is 9.59 Å². The standard InChI is InChI=1S/C20H24N2O3/c1-14-8-7-9-15(2)20(14)22(16(3)23)13-12-19(24)21-17-10-5-6-11-18(17)25-4/h5-11H,12-13H2,1-4H3,(H,21,24). The SMILES string of the molecule is COc1ccccc1NC(=O)CCN(C(C)=O)c1c(C)cccc1C. The van der Waals surface area contributed by atoms with Crippen molar-refractivity contribution in [2.45, 2.75) is 27.2 Å². The second-order valence-electron chi connectivity index (χ2n) is 5.91. The number of nitrogens with zero attached hydrogens (tertiary/aromatic N) is 1. The lowest BCUT2D eigenvalue weighted by Crippen LogP contribution is -2.33. The first-order chi connectivity index (χ1) is 11.9. The van der Waals surface area contributed by atoms with Gasteiger partial charge < -0.3 is 15.0 Å². The summed E-state index contributed by atoms with van der Waals surface area (Å²) < 4.78 is 5.23. The van der Waals surface area contributed by atoms with Crippen LogP contribution in [0.1, 0.15) is 24.5 Å². The Balaban J connectivity index is 2.09. The highest BCUT2D eigenvalue weighted by atomic mass is 16.5. The van der Waals surface area contributed by atoms with Crippen LogP contribution in [0.3, 0.4) is 0 Å². The van der Waals surface area contributed by atoms with Crippen LogP contribution < -0.4 is 15.0 Å². The first-order valence-electron chi connectivity index (χ1n) is 8.21. The number of rotatable bonds is 6. The number of carbonyl (C=O) groups excluding carboxylic acids is 2. The van der Waals surface area contributed by atoms with Crippen molar-refractivity contribution in [3.05, 3.63) is 53.6 Å². The molecule has 5 nitrogen and oxygen atoms in total. The molecule has 0 atom stereocenters. The molecule has 0 spiro atoms. The van der Waals surface area contributed by atoms with Gasteiger partial charge in [0.15, 0.2) is 0 Å². The molecule has 0 aliphatic heterocycles. The number of hydrogen-bond donors (Lipinski definition) is 1. The lowest BCUT2D eigenvalue weighted by molar-refractivity contribution is -0.117. The number of aryl methyl sites for hydroxylation is 2. The molecule has 2 aromatic carbocycles. The van der Waals surface area contributed by atoms with E-state index >= 15 is 0 Å². The van der Waals surface area contributed by atoms with Crippen LogP contribution in [0.15, 0.2) is 42.5 Å². The molecule has 0 fully saturated rings. The lowest BCUT2D eigenvalue weighted by Gasteiger charge is -2.25. The fourth-order valence-electron chi connectivity index (χ4n) is 2.83. The molecule has 0 bridgehead atoms. The van der Waals surface area contributed by atoms with Crippen molar-refractivity contribution in [1.82, 2.24) is 0 Å². The van der Waals surface area contributed by atoms with Crippen LogP contribution in [0.4, 0.5) is 11.4 Å². The number of para-hydroxylation sites is 3. The van der Waals surface area contributed by atoms with Gasteiger partial charge in [-0.1, -0.05) is 30.3 Å². The van der Waals surface area contributed by atoms with Gasteiger partial charge in [-0.2, -0.15) is 0 Å². The minimum absolute atomic E-state index is 0.0810. The third kappa shape index (κ3) is 4.59. The zero-order chi connectivity index (χ0) is 18.4. The minimum atomic E-state index is -0.165. The maximum atomic E-state index is 12.3. The molecular formula is C20H24N2O3. The fourth-order valence-corrected chi connectivity index (χ4v) is 2.83. The summed E-state index contributed by atoms with van der Waals surface area (Å²) in [6.45, 7) is 5.77. The molecule has 0 radical (unpaired) electrons. The van der Waals surface area contributed by atoms with Crippen LogP contribution >= 0.6 is 0 Å². The fraction of sp³-hybridized carbons (Fsp3) is 0.300. The third-order valence-electron chi connectivity index (χ3n) is 4.03. The van der Waals surface area contributed by atoms with Crippen LogP contribution in [-0.4, -0.2) is 25.5 Å². The van der Waals surface area contributed by atoms with Gasteiger partial charge in [0.1, 0.15) is 5.75 Å². The molecule has 0 aliphatic carbocycles. The summed E-state index contributed by atoms with van der Waals surface area (Å²) in [5.41, 5.74) is 3.53. The average molecular weight is 340 g/mol. The number of carbonyl (C=O) groups is 2. The molecule has 2 aromatic rings. The van der Waals surface area contributed by atoms with E-state index < -0.39 is 0 Å². The summed E-state index contributed by atoms with van der Waals surface area (Å²) in [5, 5.41) is 2.83. The summed E-state index contributed by atoms with van der Waals surface area (Å²) in [5.74, 6) is 0.360. The van der Waals surface area contributed by atoms with Gasteiger partial charge in [0, 0.05) is 25.6 Å². The molecule has 1 N–H and O–H groups in total. The van der Waals surface area contributed by atoms with Gasteiger partial charge in [-0.15, -0.1) is 0 Å². The lowest BCUT2D eigenvalue weighted by atomic mass is 10.1. The summed E-state index contributed by atoms with van der Waals surface area (Å²) in [6.07, 6.45) is 0.200. The number of benzene rings is 2. The van der Waals surface area contributed by atoms with Crippen LogP contribution in [0.2, 0.25) is 0 Å². The van der Waals surface area contributed by atoms with Crippen LogP contribution in [0.5, 0.6) is 5.75 Å². The summed E-state index contributed by atoms with van der Waals surface area (Å²) >= 11 is 0. The molecule has 2 amide bonds. The van der Waals surface area contributed by atoms with Gasteiger partial charge in [-0.25, -0.2) is 0 Å². The quantitative estimate of drug-likeness (QED) is 0.872. The molecule has 0 heterocycles. The first-order valence-corrected chi connectivity index (χ1v) is 8.21. The van der Waals surface area contributed by atoms with Crippen molar-refractivity contribution in [3.63, 3.8) is 0 Å². The summed E-state index contributed by atoms with van der Waals surface area (Å²) in [4.78, 5) is 26.1. The number of anilines is 2. The number of ether oxygens (including phenoxy) is 1. The van der Waals surface area contributed by atoms with E-state index in [2.05, 4.69) is 5.32 Å². The maximum Gasteiger partial charge on any atom is 0.226 e. The van der Waals surface area contributed by atoms with Gasteiger partial charge in [-0.05, 0) is 37.1 Å². The number of methoxy groups -OCH3 is 1. The molecule has 2 rings (SSSR count). The van der Waals surface area contributed by atoms with Crippen molar-refractivity contribution in [1.29, 1.82) is 0 Å². The summed E-state index contributed by atoms with van der Waals surface area (Å²) in [6, 6.07) is 13.1. The monoisotopic (exact) mass is 340 g/mol. The zero-order valence-corrected chi connectivity index (χ0v) is 15.1. The second kappa shape index (κ2) is 8.33. The van der Waals surface area contributed by atoms with Gasteiger partial charge >= 0.3 is 0 Å². The van der Waals surface area contributed by atoms with Crippen molar-refractivity contribution < 1.29 is 14.3 Å². The highest BCUT2D eigenvalue weighted by Gasteiger charge is 2.17. The Hall–Kier alpha value is -2.82. The Morgan fingerprint density at radius 1 is 1.04 bits per heavy atom. The van der Waals surface area contributed by atoms with E-state index in [0.717, 1.165) is 16.8 Å². The molecule has 5 heteroatoms.